The Hall–Kier alpha value is -0.770. The van der Waals surface area contributed by atoms with E-state index in [4.69, 9.17) is 0 Å². The van der Waals surface area contributed by atoms with Gasteiger partial charge in [0.05, 0.1) is 6.10 Å². The third-order valence-electron chi connectivity index (χ3n) is 4.61. The van der Waals surface area contributed by atoms with Crippen LogP contribution in [0.5, 0.6) is 0 Å². The van der Waals surface area contributed by atoms with Gasteiger partial charge < -0.3 is 15.7 Å². The van der Waals surface area contributed by atoms with E-state index >= 15 is 0 Å². The Morgan fingerprint density at radius 3 is 2.21 bits per heavy atom. The van der Waals surface area contributed by atoms with E-state index in [-0.39, 0.29) is 12.1 Å². The Labute approximate surface area is 116 Å². The van der Waals surface area contributed by atoms with Crippen molar-refractivity contribution in [3.05, 3.63) is 0 Å². The van der Waals surface area contributed by atoms with Gasteiger partial charge in [0.15, 0.2) is 0 Å². The molecule has 0 unspecified atom stereocenters. The molecule has 4 nitrogen and oxygen atoms in total. The van der Waals surface area contributed by atoms with Gasteiger partial charge in [-0.2, -0.15) is 0 Å². The number of amides is 2. The molecule has 19 heavy (non-hydrogen) atoms. The van der Waals surface area contributed by atoms with Crippen molar-refractivity contribution in [3.8, 4) is 0 Å². The van der Waals surface area contributed by atoms with E-state index in [1.807, 2.05) is 0 Å². The van der Waals surface area contributed by atoms with E-state index in [1.54, 1.807) is 0 Å². The molecule has 2 saturated carbocycles. The molecule has 4 heteroatoms. The molecule has 0 heterocycles. The average Bonchev–Trinajstić information content (AvgIpc) is 2.47. The average molecular weight is 268 g/mol. The van der Waals surface area contributed by atoms with Gasteiger partial charge in [-0.15, -0.1) is 0 Å². The number of carbonyl (C=O) groups is 1. The summed E-state index contributed by atoms with van der Waals surface area (Å²) in [6.45, 7) is 0.392. The SMILES string of the molecule is O=C(NC[C@H](O)C1CCCCC1)NC1CCCCC1. The lowest BCUT2D eigenvalue weighted by Gasteiger charge is -2.27. The maximum Gasteiger partial charge on any atom is 0.315 e. The van der Waals surface area contributed by atoms with Crippen molar-refractivity contribution in [2.75, 3.05) is 6.54 Å². The van der Waals surface area contributed by atoms with Crippen molar-refractivity contribution in [1.82, 2.24) is 10.6 Å². The zero-order valence-electron chi connectivity index (χ0n) is 11.9. The summed E-state index contributed by atoms with van der Waals surface area (Å²) in [5, 5.41) is 15.9. The molecule has 2 amide bonds. The minimum absolute atomic E-state index is 0.109. The maximum absolute atomic E-state index is 11.8. The molecule has 0 spiro atoms. The number of hydrogen-bond donors (Lipinski definition) is 3. The zero-order chi connectivity index (χ0) is 13.5. The Morgan fingerprint density at radius 1 is 1.00 bits per heavy atom. The van der Waals surface area contributed by atoms with Gasteiger partial charge in [-0.1, -0.05) is 38.5 Å². The van der Waals surface area contributed by atoms with Crippen molar-refractivity contribution in [3.63, 3.8) is 0 Å². The zero-order valence-corrected chi connectivity index (χ0v) is 11.9. The van der Waals surface area contributed by atoms with Gasteiger partial charge in [0, 0.05) is 12.6 Å². The van der Waals surface area contributed by atoms with Crippen LogP contribution in [-0.2, 0) is 0 Å². The van der Waals surface area contributed by atoms with E-state index < -0.39 is 0 Å². The van der Waals surface area contributed by atoms with E-state index in [0.29, 0.717) is 18.5 Å². The Bertz CT molecular complexity index is 271. The molecule has 0 aromatic heterocycles. The second kappa shape index (κ2) is 7.73. The second-order valence-electron chi connectivity index (χ2n) is 6.15. The first-order chi connectivity index (χ1) is 9.25. The highest BCUT2D eigenvalue weighted by Crippen LogP contribution is 2.26. The van der Waals surface area contributed by atoms with Gasteiger partial charge in [0.25, 0.3) is 0 Å². The summed E-state index contributed by atoms with van der Waals surface area (Å²) >= 11 is 0. The standard InChI is InChI=1S/C15H28N2O2/c18-14(12-7-3-1-4-8-12)11-16-15(19)17-13-9-5-2-6-10-13/h12-14,18H,1-11H2,(H2,16,17,19)/t14-/m0/s1. The van der Waals surface area contributed by atoms with Crippen LogP contribution in [0, 0.1) is 5.92 Å². The molecule has 0 radical (unpaired) electrons. The van der Waals surface area contributed by atoms with E-state index in [9.17, 15) is 9.90 Å². The number of nitrogens with one attached hydrogen (secondary N) is 2. The monoisotopic (exact) mass is 268 g/mol. The summed E-state index contributed by atoms with van der Waals surface area (Å²) in [4.78, 5) is 11.8. The number of carbonyl (C=O) groups excluding carboxylic acids is 1. The van der Waals surface area contributed by atoms with E-state index in [2.05, 4.69) is 10.6 Å². The minimum atomic E-state index is -0.377. The number of aliphatic hydroxyl groups is 1. The lowest BCUT2D eigenvalue weighted by molar-refractivity contribution is 0.0856. The maximum atomic E-state index is 11.8. The molecule has 110 valence electrons. The summed E-state index contributed by atoms with van der Waals surface area (Å²) in [6, 6.07) is 0.224. The van der Waals surface area contributed by atoms with E-state index in [0.717, 1.165) is 25.7 Å². The van der Waals surface area contributed by atoms with Crippen LogP contribution in [0.4, 0.5) is 4.79 Å². The van der Waals surface area contributed by atoms with Crippen molar-refractivity contribution in [2.45, 2.75) is 76.4 Å². The first-order valence-electron chi connectivity index (χ1n) is 7.98. The molecule has 0 aromatic rings. The predicted octanol–water partition coefficient (Wildman–Crippen LogP) is 2.56. The van der Waals surface area contributed by atoms with Gasteiger partial charge in [0.2, 0.25) is 0 Å². The molecule has 0 aliphatic heterocycles. The summed E-state index contributed by atoms with van der Waals surface area (Å²) in [7, 11) is 0. The van der Waals surface area contributed by atoms with Gasteiger partial charge in [-0.25, -0.2) is 4.79 Å². The van der Waals surface area contributed by atoms with Gasteiger partial charge in [-0.3, -0.25) is 0 Å². The summed E-state index contributed by atoms with van der Waals surface area (Å²) in [5.41, 5.74) is 0. The van der Waals surface area contributed by atoms with Crippen LogP contribution >= 0.6 is 0 Å². The Balaban J connectivity index is 1.61. The van der Waals surface area contributed by atoms with Gasteiger partial charge in [-0.05, 0) is 31.6 Å². The molecular formula is C15H28N2O2. The molecule has 0 aromatic carbocycles. The fourth-order valence-electron chi connectivity index (χ4n) is 3.37. The highest BCUT2D eigenvalue weighted by atomic mass is 16.3. The van der Waals surface area contributed by atoms with Gasteiger partial charge in [0.1, 0.15) is 0 Å². The largest absolute Gasteiger partial charge is 0.391 e. The quantitative estimate of drug-likeness (QED) is 0.734. The normalized spacial score (nSPS) is 23.8. The predicted molar refractivity (Wildman–Crippen MR) is 76.0 cm³/mol. The Morgan fingerprint density at radius 2 is 1.58 bits per heavy atom. The number of rotatable bonds is 4. The van der Waals surface area contributed by atoms with Crippen LogP contribution < -0.4 is 10.6 Å². The molecule has 2 aliphatic rings. The summed E-state index contributed by atoms with van der Waals surface area (Å²) in [6.07, 6.45) is 11.5. The van der Waals surface area contributed by atoms with E-state index in [1.165, 1.54) is 38.5 Å². The van der Waals surface area contributed by atoms with Crippen LogP contribution in [0.25, 0.3) is 0 Å². The number of hydrogen-bond acceptors (Lipinski definition) is 2. The number of aliphatic hydroxyl groups excluding tert-OH is 1. The fraction of sp³-hybridized carbons (Fsp3) is 0.933. The summed E-state index contributed by atoms with van der Waals surface area (Å²) < 4.78 is 0. The van der Waals surface area contributed by atoms with Crippen LogP contribution in [-0.4, -0.2) is 29.8 Å². The highest BCUT2D eigenvalue weighted by Gasteiger charge is 2.22. The lowest BCUT2D eigenvalue weighted by Crippen LogP contribution is -2.46. The first kappa shape index (κ1) is 14.6. The third-order valence-corrected chi connectivity index (χ3v) is 4.61. The van der Waals surface area contributed by atoms with Crippen LogP contribution in [0.3, 0.4) is 0 Å². The smallest absolute Gasteiger partial charge is 0.315 e. The Kier molecular flexibility index (Phi) is 5.95. The van der Waals surface area contributed by atoms with Crippen molar-refractivity contribution in [2.24, 2.45) is 5.92 Å². The van der Waals surface area contributed by atoms with Crippen LogP contribution in [0.2, 0.25) is 0 Å². The highest BCUT2D eigenvalue weighted by molar-refractivity contribution is 5.74. The first-order valence-corrected chi connectivity index (χ1v) is 7.98. The molecule has 2 aliphatic carbocycles. The molecule has 1 atom stereocenters. The topological polar surface area (TPSA) is 61.4 Å². The minimum Gasteiger partial charge on any atom is -0.391 e. The molecule has 2 fully saturated rings. The third kappa shape index (κ3) is 5.01. The molecule has 2 rings (SSSR count). The lowest BCUT2D eigenvalue weighted by atomic mass is 9.85. The molecule has 3 N–H and O–H groups in total. The molecule has 0 saturated heterocycles. The van der Waals surface area contributed by atoms with Crippen molar-refractivity contribution < 1.29 is 9.90 Å². The molecular weight excluding hydrogens is 240 g/mol. The van der Waals surface area contributed by atoms with Crippen LogP contribution in [0.15, 0.2) is 0 Å². The number of urea groups is 1. The van der Waals surface area contributed by atoms with Crippen molar-refractivity contribution in [1.29, 1.82) is 0 Å². The molecule has 0 bridgehead atoms. The second-order valence-corrected chi connectivity index (χ2v) is 6.15. The van der Waals surface area contributed by atoms with Gasteiger partial charge >= 0.3 is 6.03 Å². The van der Waals surface area contributed by atoms with Crippen molar-refractivity contribution >= 4 is 6.03 Å². The summed E-state index contributed by atoms with van der Waals surface area (Å²) in [5.74, 6) is 0.378. The van der Waals surface area contributed by atoms with Crippen LogP contribution in [0.1, 0.15) is 64.2 Å². The fourth-order valence-corrected chi connectivity index (χ4v) is 3.37.